The van der Waals surface area contributed by atoms with Gasteiger partial charge < -0.3 is 15.5 Å². The summed E-state index contributed by atoms with van der Waals surface area (Å²) in [6.45, 7) is 6.94. The molecule has 2 heterocycles. The van der Waals surface area contributed by atoms with Crippen molar-refractivity contribution >= 4 is 5.96 Å². The first kappa shape index (κ1) is 12.3. The fourth-order valence-corrected chi connectivity index (χ4v) is 3.70. The molecular weight excluding hydrogens is 224 g/mol. The Labute approximate surface area is 110 Å². The molecule has 4 heteroatoms. The molecule has 3 aliphatic rings. The van der Waals surface area contributed by atoms with Crippen molar-refractivity contribution < 1.29 is 0 Å². The highest BCUT2D eigenvalue weighted by molar-refractivity contribution is 5.81. The number of rotatable bonds is 3. The van der Waals surface area contributed by atoms with Crippen molar-refractivity contribution in [3.63, 3.8) is 0 Å². The van der Waals surface area contributed by atoms with E-state index in [0.717, 1.165) is 12.5 Å². The molecule has 1 saturated heterocycles. The van der Waals surface area contributed by atoms with Gasteiger partial charge in [0.05, 0.1) is 12.1 Å². The number of hydrogen-bond donors (Lipinski definition) is 1. The predicted octanol–water partition coefficient (Wildman–Crippen LogP) is 1.41. The molecule has 3 rings (SSSR count). The van der Waals surface area contributed by atoms with Gasteiger partial charge in [0, 0.05) is 12.6 Å². The topological polar surface area (TPSA) is 44.9 Å². The molecule has 2 aliphatic heterocycles. The minimum Gasteiger partial charge on any atom is -0.370 e. The summed E-state index contributed by atoms with van der Waals surface area (Å²) in [5, 5.41) is 0. The smallest absolute Gasteiger partial charge is 0.192 e. The second kappa shape index (κ2) is 4.72. The number of guanidine groups is 1. The molecule has 0 radical (unpaired) electrons. The van der Waals surface area contributed by atoms with Crippen LogP contribution < -0.4 is 5.73 Å². The average Bonchev–Trinajstić information content (AvgIpc) is 3.14. The minimum atomic E-state index is 0.272. The van der Waals surface area contributed by atoms with E-state index in [2.05, 4.69) is 21.7 Å². The summed E-state index contributed by atoms with van der Waals surface area (Å²) in [5.41, 5.74) is 6.40. The van der Waals surface area contributed by atoms with E-state index in [0.29, 0.717) is 6.04 Å². The molecular formula is C14H26N4. The van der Waals surface area contributed by atoms with Gasteiger partial charge in [0.2, 0.25) is 0 Å². The quantitative estimate of drug-likeness (QED) is 0.824. The third-order valence-electron chi connectivity index (χ3n) is 4.75. The Balaban J connectivity index is 1.71. The van der Waals surface area contributed by atoms with Gasteiger partial charge in [0.15, 0.2) is 5.96 Å². The number of nitrogens with two attached hydrogens (primary N) is 1. The van der Waals surface area contributed by atoms with Gasteiger partial charge in [-0.25, -0.2) is 0 Å². The van der Waals surface area contributed by atoms with Crippen LogP contribution in [0.25, 0.3) is 0 Å². The van der Waals surface area contributed by atoms with E-state index in [1.807, 2.05) is 0 Å². The molecule has 0 aromatic carbocycles. The zero-order chi connectivity index (χ0) is 12.6. The van der Waals surface area contributed by atoms with Crippen LogP contribution in [0.3, 0.4) is 0 Å². The van der Waals surface area contributed by atoms with E-state index in [9.17, 15) is 0 Å². The standard InChI is InChI=1S/C14H26N4/c1-2-8-17-9-3-6-14(7-10-17)11-16-13(15)18(14)12-4-5-12/h12H,2-11H2,1H3,(H2,15,16). The lowest BCUT2D eigenvalue weighted by molar-refractivity contribution is 0.164. The van der Waals surface area contributed by atoms with Gasteiger partial charge >= 0.3 is 0 Å². The molecule has 18 heavy (non-hydrogen) atoms. The summed E-state index contributed by atoms with van der Waals surface area (Å²) in [7, 11) is 0. The lowest BCUT2D eigenvalue weighted by Gasteiger charge is -2.39. The molecule has 0 aromatic rings. The normalized spacial score (nSPS) is 33.8. The molecule has 1 unspecified atom stereocenters. The van der Waals surface area contributed by atoms with Gasteiger partial charge in [0.25, 0.3) is 0 Å². The number of aliphatic imine (C=N–C) groups is 1. The highest BCUT2D eigenvalue weighted by Gasteiger charge is 2.48. The highest BCUT2D eigenvalue weighted by atomic mass is 15.4. The third kappa shape index (κ3) is 2.11. The molecule has 1 saturated carbocycles. The molecule has 2 N–H and O–H groups in total. The predicted molar refractivity (Wildman–Crippen MR) is 74.7 cm³/mol. The average molecular weight is 250 g/mol. The second-order valence-electron chi connectivity index (χ2n) is 6.20. The van der Waals surface area contributed by atoms with Crippen molar-refractivity contribution in [2.75, 3.05) is 26.2 Å². The van der Waals surface area contributed by atoms with Gasteiger partial charge in [-0.2, -0.15) is 0 Å². The van der Waals surface area contributed by atoms with E-state index in [1.54, 1.807) is 0 Å². The van der Waals surface area contributed by atoms with Crippen LogP contribution in [0.4, 0.5) is 0 Å². The van der Waals surface area contributed by atoms with Crippen LogP contribution in [-0.2, 0) is 0 Å². The molecule has 1 atom stereocenters. The molecule has 4 nitrogen and oxygen atoms in total. The van der Waals surface area contributed by atoms with Crippen LogP contribution in [0, 0.1) is 0 Å². The van der Waals surface area contributed by atoms with E-state index in [4.69, 9.17) is 5.73 Å². The molecule has 2 fully saturated rings. The Bertz CT molecular complexity index is 337. The van der Waals surface area contributed by atoms with Crippen molar-refractivity contribution in [1.29, 1.82) is 0 Å². The van der Waals surface area contributed by atoms with Crippen LogP contribution in [0.5, 0.6) is 0 Å². The number of likely N-dealkylation sites (tertiary alicyclic amines) is 1. The molecule has 0 bridgehead atoms. The largest absolute Gasteiger partial charge is 0.370 e. The lowest BCUT2D eigenvalue weighted by atomic mass is 9.89. The van der Waals surface area contributed by atoms with Gasteiger partial charge in [-0.15, -0.1) is 0 Å². The van der Waals surface area contributed by atoms with Crippen LogP contribution in [0.15, 0.2) is 4.99 Å². The van der Waals surface area contributed by atoms with Crippen LogP contribution in [0.2, 0.25) is 0 Å². The zero-order valence-corrected chi connectivity index (χ0v) is 11.6. The minimum absolute atomic E-state index is 0.272. The summed E-state index contributed by atoms with van der Waals surface area (Å²) >= 11 is 0. The monoisotopic (exact) mass is 250 g/mol. The Morgan fingerprint density at radius 2 is 2.17 bits per heavy atom. The summed E-state index contributed by atoms with van der Waals surface area (Å²) < 4.78 is 0. The maximum Gasteiger partial charge on any atom is 0.192 e. The van der Waals surface area contributed by atoms with E-state index in [-0.39, 0.29) is 5.54 Å². The van der Waals surface area contributed by atoms with E-state index < -0.39 is 0 Å². The zero-order valence-electron chi connectivity index (χ0n) is 11.6. The maximum absolute atomic E-state index is 6.13. The van der Waals surface area contributed by atoms with E-state index in [1.165, 1.54) is 58.2 Å². The first-order chi connectivity index (χ1) is 8.75. The Morgan fingerprint density at radius 1 is 1.33 bits per heavy atom. The molecule has 0 amide bonds. The molecule has 0 aromatic heterocycles. The summed E-state index contributed by atoms with van der Waals surface area (Å²) in [5.74, 6) is 0.821. The molecule has 1 spiro atoms. The van der Waals surface area contributed by atoms with Crippen LogP contribution in [0.1, 0.15) is 45.4 Å². The lowest BCUT2D eigenvalue weighted by Crippen LogP contribution is -2.53. The van der Waals surface area contributed by atoms with Gasteiger partial charge in [-0.05, 0) is 51.6 Å². The summed E-state index contributed by atoms with van der Waals surface area (Å²) in [6, 6.07) is 0.703. The SMILES string of the molecule is CCCN1CCCC2(CC1)CN=C(N)N2C1CC1. The van der Waals surface area contributed by atoms with Crippen molar-refractivity contribution in [2.45, 2.75) is 57.0 Å². The first-order valence-corrected chi connectivity index (χ1v) is 7.57. The van der Waals surface area contributed by atoms with E-state index >= 15 is 0 Å². The van der Waals surface area contributed by atoms with Crippen LogP contribution in [-0.4, -0.2) is 53.5 Å². The maximum atomic E-state index is 6.13. The fourth-order valence-electron chi connectivity index (χ4n) is 3.70. The van der Waals surface area contributed by atoms with Gasteiger partial charge in [-0.1, -0.05) is 6.92 Å². The molecule has 1 aliphatic carbocycles. The number of hydrogen-bond acceptors (Lipinski definition) is 4. The number of nitrogens with zero attached hydrogens (tertiary/aromatic N) is 3. The Morgan fingerprint density at radius 3 is 2.89 bits per heavy atom. The summed E-state index contributed by atoms with van der Waals surface area (Å²) in [4.78, 5) is 9.68. The summed E-state index contributed by atoms with van der Waals surface area (Å²) in [6.07, 6.45) is 7.71. The first-order valence-electron chi connectivity index (χ1n) is 7.57. The Kier molecular flexibility index (Phi) is 3.22. The fraction of sp³-hybridized carbons (Fsp3) is 0.929. The second-order valence-corrected chi connectivity index (χ2v) is 6.20. The van der Waals surface area contributed by atoms with Crippen molar-refractivity contribution in [1.82, 2.24) is 9.80 Å². The van der Waals surface area contributed by atoms with Crippen molar-refractivity contribution in [3.05, 3.63) is 0 Å². The van der Waals surface area contributed by atoms with Crippen molar-refractivity contribution in [3.8, 4) is 0 Å². The molecule has 102 valence electrons. The Hall–Kier alpha value is -0.770. The third-order valence-corrected chi connectivity index (χ3v) is 4.75. The van der Waals surface area contributed by atoms with Crippen molar-refractivity contribution in [2.24, 2.45) is 10.7 Å². The highest BCUT2D eigenvalue weighted by Crippen LogP contribution is 2.41. The van der Waals surface area contributed by atoms with Gasteiger partial charge in [-0.3, -0.25) is 4.99 Å². The van der Waals surface area contributed by atoms with Gasteiger partial charge in [0.1, 0.15) is 0 Å². The van der Waals surface area contributed by atoms with Crippen LogP contribution >= 0.6 is 0 Å².